The third-order valence-electron chi connectivity index (χ3n) is 3.05. The molecule has 1 aromatic heterocycles. The van der Waals surface area contributed by atoms with E-state index in [4.69, 9.17) is 10.5 Å². The number of pyridine rings is 1. The maximum Gasteiger partial charge on any atom is 0.177 e. The van der Waals surface area contributed by atoms with Crippen LogP contribution in [0.25, 0.3) is 0 Å². The minimum absolute atomic E-state index is 0.0677. The van der Waals surface area contributed by atoms with Crippen LogP contribution in [-0.2, 0) is 16.3 Å². The first kappa shape index (κ1) is 15.3. The summed E-state index contributed by atoms with van der Waals surface area (Å²) in [5.74, 6) is 0.902. The van der Waals surface area contributed by atoms with Crippen LogP contribution in [0.3, 0.4) is 0 Å². The number of anilines is 1. The van der Waals surface area contributed by atoms with E-state index < -0.39 is 9.84 Å². The summed E-state index contributed by atoms with van der Waals surface area (Å²) in [4.78, 5) is 4.47. The van der Waals surface area contributed by atoms with Gasteiger partial charge in [0, 0.05) is 11.9 Å². The van der Waals surface area contributed by atoms with Crippen molar-refractivity contribution in [2.45, 2.75) is 25.2 Å². The van der Waals surface area contributed by atoms with Gasteiger partial charge in [0.25, 0.3) is 0 Å². The highest BCUT2D eigenvalue weighted by molar-refractivity contribution is 7.90. The SMILES string of the molecule is CCc1nc(C)ccc1Oc1cccc(S(C)(=O)=O)c1N. The quantitative estimate of drug-likeness (QED) is 0.878. The molecule has 0 aliphatic carbocycles. The van der Waals surface area contributed by atoms with Crippen molar-refractivity contribution in [1.29, 1.82) is 0 Å². The molecule has 21 heavy (non-hydrogen) atoms. The Kier molecular flexibility index (Phi) is 4.18. The molecule has 6 heteroatoms. The Morgan fingerprint density at radius 2 is 1.90 bits per heavy atom. The highest BCUT2D eigenvalue weighted by Crippen LogP contribution is 2.33. The lowest BCUT2D eigenvalue weighted by Crippen LogP contribution is -2.04. The van der Waals surface area contributed by atoms with Crippen molar-refractivity contribution in [3.05, 3.63) is 41.7 Å². The van der Waals surface area contributed by atoms with E-state index in [0.29, 0.717) is 17.9 Å². The molecule has 0 saturated carbocycles. The first-order valence-corrected chi connectivity index (χ1v) is 8.45. The number of nitrogens with zero attached hydrogens (tertiary/aromatic N) is 1. The molecule has 0 amide bonds. The zero-order valence-corrected chi connectivity index (χ0v) is 13.1. The predicted molar refractivity (Wildman–Crippen MR) is 82.4 cm³/mol. The van der Waals surface area contributed by atoms with Crippen molar-refractivity contribution >= 4 is 15.5 Å². The van der Waals surface area contributed by atoms with Gasteiger partial charge >= 0.3 is 0 Å². The fourth-order valence-electron chi connectivity index (χ4n) is 2.00. The number of hydrogen-bond acceptors (Lipinski definition) is 5. The van der Waals surface area contributed by atoms with E-state index in [-0.39, 0.29) is 10.6 Å². The van der Waals surface area contributed by atoms with E-state index in [1.807, 2.05) is 26.0 Å². The van der Waals surface area contributed by atoms with Crippen LogP contribution in [0.1, 0.15) is 18.3 Å². The lowest BCUT2D eigenvalue weighted by molar-refractivity contribution is 0.473. The van der Waals surface area contributed by atoms with E-state index in [1.165, 1.54) is 6.07 Å². The molecule has 0 bridgehead atoms. The van der Waals surface area contributed by atoms with E-state index in [9.17, 15) is 8.42 Å². The van der Waals surface area contributed by atoms with Crippen molar-refractivity contribution in [3.8, 4) is 11.5 Å². The summed E-state index contributed by atoms with van der Waals surface area (Å²) in [6, 6.07) is 8.36. The first-order valence-electron chi connectivity index (χ1n) is 6.56. The normalized spacial score (nSPS) is 11.4. The van der Waals surface area contributed by atoms with Crippen LogP contribution in [0.2, 0.25) is 0 Å². The molecule has 0 atom stereocenters. The van der Waals surface area contributed by atoms with Gasteiger partial charge in [-0.15, -0.1) is 0 Å². The summed E-state index contributed by atoms with van der Waals surface area (Å²) in [5.41, 5.74) is 7.73. The second-order valence-electron chi connectivity index (χ2n) is 4.79. The molecule has 0 saturated heterocycles. The molecule has 112 valence electrons. The number of hydrogen-bond donors (Lipinski definition) is 1. The molecule has 2 aromatic rings. The standard InChI is InChI=1S/C15H18N2O3S/c1-4-11-12(9-8-10(2)17-11)20-13-6-5-7-14(15(13)16)21(3,18)19/h5-9H,4,16H2,1-3H3. The first-order chi connectivity index (χ1) is 9.82. The Morgan fingerprint density at radius 1 is 1.19 bits per heavy atom. The Bertz CT molecular complexity index is 770. The number of nitrogens with two attached hydrogens (primary N) is 1. The third kappa shape index (κ3) is 3.33. The van der Waals surface area contributed by atoms with Gasteiger partial charge < -0.3 is 10.5 Å². The fraction of sp³-hybridized carbons (Fsp3) is 0.267. The van der Waals surface area contributed by atoms with Crippen LogP contribution in [0.15, 0.2) is 35.2 Å². The summed E-state index contributed by atoms with van der Waals surface area (Å²) >= 11 is 0. The van der Waals surface area contributed by atoms with Gasteiger partial charge in [0.1, 0.15) is 5.75 Å². The Morgan fingerprint density at radius 3 is 2.52 bits per heavy atom. The van der Waals surface area contributed by atoms with Gasteiger partial charge in [0.2, 0.25) is 0 Å². The molecule has 0 unspecified atom stereocenters. The summed E-state index contributed by atoms with van der Waals surface area (Å²) in [5, 5.41) is 0. The molecule has 0 aliphatic rings. The minimum atomic E-state index is -3.39. The second kappa shape index (κ2) is 5.73. The molecule has 0 fully saturated rings. The zero-order chi connectivity index (χ0) is 15.6. The largest absolute Gasteiger partial charge is 0.453 e. The topological polar surface area (TPSA) is 82.3 Å². The van der Waals surface area contributed by atoms with Gasteiger partial charge in [-0.1, -0.05) is 13.0 Å². The number of aryl methyl sites for hydroxylation is 2. The van der Waals surface area contributed by atoms with Crippen molar-refractivity contribution in [1.82, 2.24) is 4.98 Å². The van der Waals surface area contributed by atoms with Crippen molar-refractivity contribution in [3.63, 3.8) is 0 Å². The van der Waals surface area contributed by atoms with Crippen LogP contribution in [-0.4, -0.2) is 19.7 Å². The average Bonchev–Trinajstić information content (AvgIpc) is 2.41. The predicted octanol–water partition coefficient (Wildman–Crippen LogP) is 2.73. The number of para-hydroxylation sites is 1. The van der Waals surface area contributed by atoms with E-state index in [0.717, 1.165) is 17.6 Å². The molecule has 2 N–H and O–H groups in total. The summed E-state index contributed by atoms with van der Waals surface area (Å²) in [6.45, 7) is 3.88. The van der Waals surface area contributed by atoms with E-state index in [1.54, 1.807) is 12.1 Å². The third-order valence-corrected chi connectivity index (χ3v) is 4.21. The lowest BCUT2D eigenvalue weighted by atomic mass is 10.2. The van der Waals surface area contributed by atoms with Gasteiger partial charge in [-0.25, -0.2) is 8.42 Å². The minimum Gasteiger partial charge on any atom is -0.453 e. The average molecular weight is 306 g/mol. The number of benzene rings is 1. The van der Waals surface area contributed by atoms with Crippen LogP contribution in [0, 0.1) is 6.92 Å². The maximum atomic E-state index is 11.7. The highest BCUT2D eigenvalue weighted by atomic mass is 32.2. The van der Waals surface area contributed by atoms with Crippen LogP contribution in [0.4, 0.5) is 5.69 Å². The number of aromatic nitrogens is 1. The van der Waals surface area contributed by atoms with Crippen molar-refractivity contribution < 1.29 is 13.2 Å². The lowest BCUT2D eigenvalue weighted by Gasteiger charge is -2.13. The molecular formula is C15H18N2O3S. The molecule has 1 aromatic carbocycles. The Balaban J connectivity index is 2.46. The van der Waals surface area contributed by atoms with Gasteiger partial charge in [-0.05, 0) is 37.6 Å². The maximum absolute atomic E-state index is 11.7. The number of ether oxygens (including phenoxy) is 1. The van der Waals surface area contributed by atoms with Gasteiger partial charge in [-0.3, -0.25) is 4.98 Å². The summed E-state index contributed by atoms with van der Waals surface area (Å²) in [6.07, 6.45) is 1.83. The number of nitrogen functional groups attached to an aromatic ring is 1. The number of sulfone groups is 1. The van der Waals surface area contributed by atoms with Crippen molar-refractivity contribution in [2.75, 3.05) is 12.0 Å². The highest BCUT2D eigenvalue weighted by Gasteiger charge is 2.16. The number of rotatable bonds is 4. The second-order valence-corrected chi connectivity index (χ2v) is 6.78. The van der Waals surface area contributed by atoms with Gasteiger partial charge in [-0.2, -0.15) is 0 Å². The zero-order valence-electron chi connectivity index (χ0n) is 12.3. The van der Waals surface area contributed by atoms with Crippen LogP contribution < -0.4 is 10.5 Å². The smallest absolute Gasteiger partial charge is 0.177 e. The van der Waals surface area contributed by atoms with Crippen molar-refractivity contribution in [2.24, 2.45) is 0 Å². The molecule has 1 heterocycles. The van der Waals surface area contributed by atoms with Crippen LogP contribution in [0.5, 0.6) is 11.5 Å². The summed E-state index contributed by atoms with van der Waals surface area (Å²) < 4.78 is 29.1. The monoisotopic (exact) mass is 306 g/mol. The Labute approximate surface area is 124 Å². The Hall–Kier alpha value is -2.08. The molecule has 0 radical (unpaired) electrons. The van der Waals surface area contributed by atoms with E-state index in [2.05, 4.69) is 4.98 Å². The molecule has 0 aliphatic heterocycles. The molecular weight excluding hydrogens is 288 g/mol. The molecule has 5 nitrogen and oxygen atoms in total. The van der Waals surface area contributed by atoms with Crippen LogP contribution >= 0.6 is 0 Å². The van der Waals surface area contributed by atoms with E-state index >= 15 is 0 Å². The summed E-state index contributed by atoms with van der Waals surface area (Å²) in [7, 11) is -3.39. The molecule has 2 rings (SSSR count). The molecule has 0 spiro atoms. The van der Waals surface area contributed by atoms with Gasteiger partial charge in [0.15, 0.2) is 15.6 Å². The fourth-order valence-corrected chi connectivity index (χ4v) is 2.82. The van der Waals surface area contributed by atoms with Gasteiger partial charge in [0.05, 0.1) is 16.3 Å².